The lowest BCUT2D eigenvalue weighted by molar-refractivity contribution is 0.114. The van der Waals surface area contributed by atoms with Crippen molar-refractivity contribution in [2.75, 3.05) is 46.0 Å². The summed E-state index contributed by atoms with van der Waals surface area (Å²) in [4.78, 5) is 6.94. The summed E-state index contributed by atoms with van der Waals surface area (Å²) in [7, 11) is 0. The molecule has 0 bridgehead atoms. The minimum Gasteiger partial charge on any atom is -0.491 e. The molecule has 0 aromatic heterocycles. The normalized spacial score (nSPS) is 24.3. The molecule has 6 heteroatoms. The Hall–Kier alpha value is -1.79. The van der Waals surface area contributed by atoms with Gasteiger partial charge in [-0.3, -0.25) is 4.99 Å². The number of ether oxygens (including phenoxy) is 2. The molecule has 0 radical (unpaired) electrons. The highest BCUT2D eigenvalue weighted by Gasteiger charge is 2.42. The molecule has 26 heavy (non-hydrogen) atoms. The van der Waals surface area contributed by atoms with Crippen LogP contribution in [0.15, 0.2) is 29.3 Å². The van der Waals surface area contributed by atoms with Crippen molar-refractivity contribution in [3.05, 3.63) is 29.8 Å². The number of rotatable bonds is 6. The van der Waals surface area contributed by atoms with Crippen molar-refractivity contribution in [2.24, 2.45) is 10.4 Å². The molecule has 2 N–H and O–H groups in total. The number of aliphatic imine (C=N–C) groups is 1. The molecule has 2 aliphatic rings. The Morgan fingerprint density at radius 2 is 2.35 bits per heavy atom. The third-order valence-corrected chi connectivity index (χ3v) is 5.14. The average Bonchev–Trinajstić information content (AvgIpc) is 3.27. The Morgan fingerprint density at radius 3 is 3.08 bits per heavy atom. The molecule has 1 aromatic carbocycles. The maximum Gasteiger partial charge on any atom is 0.194 e. The van der Waals surface area contributed by atoms with Gasteiger partial charge in [-0.25, -0.2) is 0 Å². The maximum absolute atomic E-state index is 10.2. The number of aliphatic hydroxyl groups excluding tert-OH is 1. The zero-order valence-electron chi connectivity index (χ0n) is 15.9. The van der Waals surface area contributed by atoms with E-state index in [2.05, 4.69) is 22.1 Å². The second kappa shape index (κ2) is 8.73. The monoisotopic (exact) mass is 361 g/mol. The van der Waals surface area contributed by atoms with Gasteiger partial charge in [0.1, 0.15) is 18.5 Å². The van der Waals surface area contributed by atoms with Crippen molar-refractivity contribution in [3.63, 3.8) is 0 Å². The summed E-state index contributed by atoms with van der Waals surface area (Å²) in [6.07, 6.45) is 1.65. The summed E-state index contributed by atoms with van der Waals surface area (Å²) in [6.45, 7) is 9.17. The number of hydrogen-bond donors (Lipinski definition) is 2. The van der Waals surface area contributed by atoms with Crippen molar-refractivity contribution < 1.29 is 14.6 Å². The van der Waals surface area contributed by atoms with Crippen LogP contribution in [0.2, 0.25) is 0 Å². The lowest BCUT2D eigenvalue weighted by Crippen LogP contribution is -2.42. The van der Waals surface area contributed by atoms with Gasteiger partial charge in [0.2, 0.25) is 0 Å². The lowest BCUT2D eigenvalue weighted by Gasteiger charge is -2.25. The van der Waals surface area contributed by atoms with E-state index in [0.29, 0.717) is 12.0 Å². The van der Waals surface area contributed by atoms with E-state index in [9.17, 15) is 5.11 Å². The smallest absolute Gasteiger partial charge is 0.194 e. The molecule has 144 valence electrons. The molecule has 2 fully saturated rings. The van der Waals surface area contributed by atoms with Gasteiger partial charge in [-0.2, -0.15) is 0 Å². The Morgan fingerprint density at radius 1 is 1.46 bits per heavy atom. The molecule has 3 rings (SSSR count). The Balaban J connectivity index is 1.52. The van der Waals surface area contributed by atoms with Crippen LogP contribution in [0.5, 0.6) is 5.75 Å². The van der Waals surface area contributed by atoms with Gasteiger partial charge in [0.15, 0.2) is 5.96 Å². The maximum atomic E-state index is 10.2. The molecule has 2 unspecified atom stereocenters. The van der Waals surface area contributed by atoms with Gasteiger partial charge >= 0.3 is 0 Å². The van der Waals surface area contributed by atoms with Crippen molar-refractivity contribution in [2.45, 2.75) is 32.8 Å². The van der Waals surface area contributed by atoms with Crippen molar-refractivity contribution in [1.29, 1.82) is 0 Å². The van der Waals surface area contributed by atoms with Crippen LogP contribution in [0.4, 0.5) is 0 Å². The summed E-state index contributed by atoms with van der Waals surface area (Å²) in [5.41, 5.74) is 1.44. The minimum atomic E-state index is -0.629. The standard InChI is InChI=1S/C20H31N3O3/c1-3-21-19(23-9-7-20(14-23)8-10-25-15-20)22-12-17(24)13-26-18-6-4-5-16(2)11-18/h4-6,11,17,24H,3,7-10,12-15H2,1-2H3,(H,21,22). The zero-order valence-corrected chi connectivity index (χ0v) is 15.9. The van der Waals surface area contributed by atoms with E-state index in [1.807, 2.05) is 31.2 Å². The average molecular weight is 361 g/mol. The predicted octanol–water partition coefficient (Wildman–Crippen LogP) is 1.81. The second-order valence-corrected chi connectivity index (χ2v) is 7.45. The topological polar surface area (TPSA) is 66.3 Å². The molecule has 2 atom stereocenters. The van der Waals surface area contributed by atoms with E-state index >= 15 is 0 Å². The number of likely N-dealkylation sites (tertiary alicyclic amines) is 1. The van der Waals surface area contributed by atoms with E-state index in [4.69, 9.17) is 9.47 Å². The van der Waals surface area contributed by atoms with E-state index in [1.165, 1.54) is 0 Å². The highest BCUT2D eigenvalue weighted by molar-refractivity contribution is 5.80. The quantitative estimate of drug-likeness (QED) is 0.598. The third kappa shape index (κ3) is 4.89. The first-order valence-corrected chi connectivity index (χ1v) is 9.59. The van der Waals surface area contributed by atoms with Gasteiger partial charge in [0.05, 0.1) is 13.2 Å². The first-order valence-electron chi connectivity index (χ1n) is 9.59. The highest BCUT2D eigenvalue weighted by atomic mass is 16.5. The molecule has 0 saturated carbocycles. The van der Waals surface area contributed by atoms with Crippen LogP contribution in [0.3, 0.4) is 0 Å². The number of aliphatic hydroxyl groups is 1. The number of aryl methyl sites for hydroxylation is 1. The zero-order chi connectivity index (χ0) is 18.4. The van der Waals surface area contributed by atoms with Gasteiger partial charge in [-0.05, 0) is 44.4 Å². The fourth-order valence-electron chi connectivity index (χ4n) is 3.66. The summed E-state index contributed by atoms with van der Waals surface area (Å²) < 4.78 is 11.3. The molecule has 0 aliphatic carbocycles. The largest absolute Gasteiger partial charge is 0.491 e. The van der Waals surface area contributed by atoms with Crippen molar-refractivity contribution >= 4 is 5.96 Å². The summed E-state index contributed by atoms with van der Waals surface area (Å²) >= 11 is 0. The number of nitrogens with one attached hydrogen (secondary N) is 1. The van der Waals surface area contributed by atoms with E-state index < -0.39 is 6.10 Å². The minimum absolute atomic E-state index is 0.240. The number of guanidine groups is 1. The van der Waals surface area contributed by atoms with Crippen LogP contribution < -0.4 is 10.1 Å². The molecule has 1 spiro atoms. The van der Waals surface area contributed by atoms with E-state index in [-0.39, 0.29) is 6.61 Å². The Bertz CT molecular complexity index is 614. The molecular weight excluding hydrogens is 330 g/mol. The van der Waals surface area contributed by atoms with Crippen LogP contribution in [0.25, 0.3) is 0 Å². The van der Waals surface area contributed by atoms with Gasteiger partial charge in [-0.1, -0.05) is 12.1 Å². The Labute approximate surface area is 156 Å². The fraction of sp³-hybridized carbons (Fsp3) is 0.650. The Kier molecular flexibility index (Phi) is 6.38. The molecule has 1 aromatic rings. The summed E-state index contributed by atoms with van der Waals surface area (Å²) in [5.74, 6) is 1.66. The molecule has 6 nitrogen and oxygen atoms in total. The van der Waals surface area contributed by atoms with E-state index in [1.54, 1.807) is 0 Å². The van der Waals surface area contributed by atoms with Gasteiger partial charge < -0.3 is 24.8 Å². The highest BCUT2D eigenvalue weighted by Crippen LogP contribution is 2.38. The first kappa shape index (κ1) is 19.0. The summed E-state index contributed by atoms with van der Waals surface area (Å²) in [5, 5.41) is 13.6. The predicted molar refractivity (Wildman–Crippen MR) is 103 cm³/mol. The van der Waals surface area contributed by atoms with Gasteiger partial charge in [0, 0.05) is 31.7 Å². The summed E-state index contributed by atoms with van der Waals surface area (Å²) in [6, 6.07) is 7.84. The van der Waals surface area contributed by atoms with Crippen molar-refractivity contribution in [1.82, 2.24) is 10.2 Å². The third-order valence-electron chi connectivity index (χ3n) is 5.14. The first-order chi connectivity index (χ1) is 12.6. The number of hydrogen-bond acceptors (Lipinski definition) is 4. The molecule has 2 heterocycles. The molecule has 2 saturated heterocycles. The number of benzene rings is 1. The molecular formula is C20H31N3O3. The molecule has 0 amide bonds. The lowest BCUT2D eigenvalue weighted by atomic mass is 9.87. The van der Waals surface area contributed by atoms with Gasteiger partial charge in [-0.15, -0.1) is 0 Å². The van der Waals surface area contributed by atoms with Crippen molar-refractivity contribution in [3.8, 4) is 5.75 Å². The van der Waals surface area contributed by atoms with Crippen LogP contribution in [-0.4, -0.2) is 68.1 Å². The van der Waals surface area contributed by atoms with Crippen LogP contribution in [0, 0.1) is 12.3 Å². The van der Waals surface area contributed by atoms with Crippen LogP contribution >= 0.6 is 0 Å². The molecule has 2 aliphatic heterocycles. The second-order valence-electron chi connectivity index (χ2n) is 7.45. The van der Waals surface area contributed by atoms with Gasteiger partial charge in [0.25, 0.3) is 0 Å². The van der Waals surface area contributed by atoms with Crippen LogP contribution in [0.1, 0.15) is 25.3 Å². The fourth-order valence-corrected chi connectivity index (χ4v) is 3.66. The SMILES string of the molecule is CCNC(=NCC(O)COc1cccc(C)c1)N1CCC2(CCOC2)C1. The van der Waals surface area contributed by atoms with Crippen LogP contribution in [-0.2, 0) is 4.74 Å². The van der Waals surface area contributed by atoms with E-state index in [0.717, 1.165) is 63.0 Å². The number of nitrogens with zero attached hydrogens (tertiary/aromatic N) is 2.